The number of hydrogen-bond acceptors (Lipinski definition) is 1. The highest BCUT2D eigenvalue weighted by molar-refractivity contribution is 5.73. The van der Waals surface area contributed by atoms with E-state index in [0.717, 1.165) is 0 Å². The van der Waals surface area contributed by atoms with Crippen molar-refractivity contribution in [3.05, 3.63) is 106 Å². The zero-order chi connectivity index (χ0) is 17.6. The van der Waals surface area contributed by atoms with Crippen molar-refractivity contribution in [3.8, 4) is 0 Å². The second kappa shape index (κ2) is 8.98. The second-order valence-electron chi connectivity index (χ2n) is 6.67. The SMILES string of the molecule is Cc1ccc(C=Cc2ccc(C=Cc3cc(C)cc(C)c3)cc2)cc1.N. The molecule has 26 heavy (non-hydrogen) atoms. The van der Waals surface area contributed by atoms with Crippen molar-refractivity contribution in [2.75, 3.05) is 0 Å². The molecule has 3 aromatic carbocycles. The molecular weight excluding hydrogens is 314 g/mol. The summed E-state index contributed by atoms with van der Waals surface area (Å²) in [5.74, 6) is 0. The van der Waals surface area contributed by atoms with Crippen LogP contribution in [0.5, 0.6) is 0 Å². The normalized spacial score (nSPS) is 11.0. The molecule has 0 aliphatic heterocycles. The fourth-order valence-corrected chi connectivity index (χ4v) is 2.89. The molecular formula is C25H27N. The molecule has 0 spiro atoms. The Labute approximate surface area is 157 Å². The molecule has 1 nitrogen and oxygen atoms in total. The van der Waals surface area contributed by atoms with Crippen molar-refractivity contribution in [1.82, 2.24) is 6.15 Å². The van der Waals surface area contributed by atoms with Gasteiger partial charge in [-0.3, -0.25) is 0 Å². The van der Waals surface area contributed by atoms with Crippen LogP contribution >= 0.6 is 0 Å². The Morgan fingerprint density at radius 1 is 0.423 bits per heavy atom. The highest BCUT2D eigenvalue weighted by Gasteiger charge is 1.93. The molecule has 0 unspecified atom stereocenters. The Morgan fingerprint density at radius 3 is 1.19 bits per heavy atom. The lowest BCUT2D eigenvalue weighted by molar-refractivity contribution is 1.37. The maximum absolute atomic E-state index is 2.21. The van der Waals surface area contributed by atoms with Crippen molar-refractivity contribution in [3.63, 3.8) is 0 Å². The third kappa shape index (κ3) is 5.58. The average Bonchev–Trinajstić information content (AvgIpc) is 2.60. The Hall–Kier alpha value is -2.90. The van der Waals surface area contributed by atoms with Gasteiger partial charge in [-0.2, -0.15) is 0 Å². The highest BCUT2D eigenvalue weighted by Crippen LogP contribution is 2.15. The first-order chi connectivity index (χ1) is 12.1. The largest absolute Gasteiger partial charge is 0.344 e. The summed E-state index contributed by atoms with van der Waals surface area (Å²) >= 11 is 0. The summed E-state index contributed by atoms with van der Waals surface area (Å²) in [5, 5.41) is 0. The van der Waals surface area contributed by atoms with Gasteiger partial charge in [-0.25, -0.2) is 0 Å². The molecule has 132 valence electrons. The molecule has 0 amide bonds. The third-order valence-corrected chi connectivity index (χ3v) is 4.19. The van der Waals surface area contributed by atoms with Gasteiger partial charge in [0.25, 0.3) is 0 Å². The van der Waals surface area contributed by atoms with Gasteiger partial charge in [0.1, 0.15) is 0 Å². The van der Waals surface area contributed by atoms with E-state index in [1.165, 1.54) is 38.9 Å². The standard InChI is InChI=1S/C25H24.H3N/c1-19-4-6-22(7-5-19)8-9-23-10-12-24(13-11-23)14-15-25-17-20(2)16-21(3)18-25;/h4-18H,1-3H3;1H3. The van der Waals surface area contributed by atoms with Crippen molar-refractivity contribution in [1.29, 1.82) is 0 Å². The average molecular weight is 341 g/mol. The van der Waals surface area contributed by atoms with Crippen LogP contribution in [0.15, 0.2) is 66.7 Å². The minimum absolute atomic E-state index is 0. The summed E-state index contributed by atoms with van der Waals surface area (Å²) in [4.78, 5) is 0. The topological polar surface area (TPSA) is 35.0 Å². The lowest BCUT2D eigenvalue weighted by Crippen LogP contribution is -1.80. The fourth-order valence-electron chi connectivity index (χ4n) is 2.89. The van der Waals surface area contributed by atoms with E-state index >= 15 is 0 Å². The molecule has 3 aromatic rings. The smallest absolute Gasteiger partial charge is 0.0251 e. The lowest BCUT2D eigenvalue weighted by atomic mass is 10.1. The van der Waals surface area contributed by atoms with Crippen LogP contribution < -0.4 is 6.15 Å². The van der Waals surface area contributed by atoms with E-state index in [2.05, 4.69) is 112 Å². The van der Waals surface area contributed by atoms with Gasteiger partial charge in [0, 0.05) is 0 Å². The van der Waals surface area contributed by atoms with Crippen LogP contribution in [-0.4, -0.2) is 0 Å². The fraction of sp³-hybridized carbons (Fsp3) is 0.120. The number of aryl methyl sites for hydroxylation is 3. The van der Waals surface area contributed by atoms with E-state index in [-0.39, 0.29) is 6.15 Å². The van der Waals surface area contributed by atoms with Gasteiger partial charge in [0.2, 0.25) is 0 Å². The van der Waals surface area contributed by atoms with Crippen LogP contribution in [0, 0.1) is 20.8 Å². The van der Waals surface area contributed by atoms with Gasteiger partial charge in [-0.15, -0.1) is 0 Å². The van der Waals surface area contributed by atoms with E-state index < -0.39 is 0 Å². The first-order valence-corrected chi connectivity index (χ1v) is 8.70. The molecule has 0 saturated carbocycles. The molecule has 1 heteroatoms. The van der Waals surface area contributed by atoms with Gasteiger partial charge in [0.05, 0.1) is 0 Å². The molecule has 0 aliphatic rings. The Bertz CT molecular complexity index is 878. The zero-order valence-corrected chi connectivity index (χ0v) is 15.9. The first-order valence-electron chi connectivity index (χ1n) is 8.70. The molecule has 0 heterocycles. The molecule has 0 aromatic heterocycles. The molecule has 0 aliphatic carbocycles. The molecule has 0 bridgehead atoms. The van der Waals surface area contributed by atoms with Crippen LogP contribution in [0.2, 0.25) is 0 Å². The predicted octanol–water partition coefficient (Wildman–Crippen LogP) is 7.11. The summed E-state index contributed by atoms with van der Waals surface area (Å²) in [6.07, 6.45) is 8.65. The summed E-state index contributed by atoms with van der Waals surface area (Å²) < 4.78 is 0. The summed E-state index contributed by atoms with van der Waals surface area (Å²) in [6, 6.07) is 23.8. The quantitative estimate of drug-likeness (QED) is 0.504. The zero-order valence-electron chi connectivity index (χ0n) is 15.9. The summed E-state index contributed by atoms with van der Waals surface area (Å²) in [7, 11) is 0. The van der Waals surface area contributed by atoms with Crippen LogP contribution in [0.1, 0.15) is 38.9 Å². The summed E-state index contributed by atoms with van der Waals surface area (Å²) in [5.41, 5.74) is 8.80. The van der Waals surface area contributed by atoms with E-state index in [9.17, 15) is 0 Å². The Balaban J connectivity index is 0.00000243. The highest BCUT2D eigenvalue weighted by atomic mass is 14.0. The van der Waals surface area contributed by atoms with E-state index in [4.69, 9.17) is 0 Å². The molecule has 0 fully saturated rings. The number of rotatable bonds is 4. The minimum Gasteiger partial charge on any atom is -0.344 e. The Kier molecular flexibility index (Phi) is 6.71. The molecule has 3 N–H and O–H groups in total. The van der Waals surface area contributed by atoms with Gasteiger partial charge in [-0.1, -0.05) is 108 Å². The predicted molar refractivity (Wildman–Crippen MR) is 116 cm³/mol. The van der Waals surface area contributed by atoms with E-state index in [1.807, 2.05) is 0 Å². The van der Waals surface area contributed by atoms with Crippen LogP contribution in [0.3, 0.4) is 0 Å². The third-order valence-electron chi connectivity index (χ3n) is 4.19. The minimum atomic E-state index is 0. The van der Waals surface area contributed by atoms with E-state index in [1.54, 1.807) is 0 Å². The molecule has 0 radical (unpaired) electrons. The van der Waals surface area contributed by atoms with Crippen LogP contribution in [-0.2, 0) is 0 Å². The monoisotopic (exact) mass is 341 g/mol. The van der Waals surface area contributed by atoms with Gasteiger partial charge < -0.3 is 6.15 Å². The van der Waals surface area contributed by atoms with E-state index in [0.29, 0.717) is 0 Å². The maximum atomic E-state index is 2.21. The van der Waals surface area contributed by atoms with Gasteiger partial charge in [0.15, 0.2) is 0 Å². The maximum Gasteiger partial charge on any atom is -0.0251 e. The second-order valence-corrected chi connectivity index (χ2v) is 6.67. The van der Waals surface area contributed by atoms with Crippen molar-refractivity contribution in [2.45, 2.75) is 20.8 Å². The van der Waals surface area contributed by atoms with Crippen molar-refractivity contribution in [2.24, 2.45) is 0 Å². The lowest BCUT2D eigenvalue weighted by Gasteiger charge is -2.00. The summed E-state index contributed by atoms with van der Waals surface area (Å²) in [6.45, 7) is 6.39. The van der Waals surface area contributed by atoms with Crippen molar-refractivity contribution < 1.29 is 0 Å². The van der Waals surface area contributed by atoms with Gasteiger partial charge in [-0.05, 0) is 43.0 Å². The molecule has 0 saturated heterocycles. The molecule has 3 rings (SSSR count). The number of hydrogen-bond donors (Lipinski definition) is 1. The van der Waals surface area contributed by atoms with Crippen LogP contribution in [0.4, 0.5) is 0 Å². The Morgan fingerprint density at radius 2 is 0.769 bits per heavy atom. The molecule has 0 atom stereocenters. The van der Waals surface area contributed by atoms with Crippen LogP contribution in [0.25, 0.3) is 24.3 Å². The van der Waals surface area contributed by atoms with Crippen molar-refractivity contribution >= 4 is 24.3 Å². The number of benzene rings is 3. The first kappa shape index (κ1) is 19.4. The van der Waals surface area contributed by atoms with Gasteiger partial charge >= 0.3 is 0 Å².